The highest BCUT2D eigenvalue weighted by Gasteiger charge is 2.05. The highest BCUT2D eigenvalue weighted by Crippen LogP contribution is 2.18. The summed E-state index contributed by atoms with van der Waals surface area (Å²) < 4.78 is 0. The van der Waals surface area contributed by atoms with Crippen molar-refractivity contribution in [3.8, 4) is 0 Å². The van der Waals surface area contributed by atoms with Gasteiger partial charge >= 0.3 is 0 Å². The van der Waals surface area contributed by atoms with Crippen LogP contribution in [-0.4, -0.2) is 17.0 Å². The Labute approximate surface area is 100 Å². The molecular formula is C12H15N5. The molecule has 2 aromatic rings. The second kappa shape index (κ2) is 4.69. The van der Waals surface area contributed by atoms with Gasteiger partial charge in [-0.3, -0.25) is 4.98 Å². The van der Waals surface area contributed by atoms with Crippen LogP contribution in [0.25, 0.3) is 0 Å². The molecule has 2 rings (SSSR count). The summed E-state index contributed by atoms with van der Waals surface area (Å²) in [6.45, 7) is 0.726. The normalized spacial score (nSPS) is 10.2. The Morgan fingerprint density at radius 3 is 2.71 bits per heavy atom. The van der Waals surface area contributed by atoms with Crippen LogP contribution in [0.15, 0.2) is 36.7 Å². The van der Waals surface area contributed by atoms with Crippen molar-refractivity contribution in [3.63, 3.8) is 0 Å². The van der Waals surface area contributed by atoms with Gasteiger partial charge in [0.1, 0.15) is 11.6 Å². The average Bonchev–Trinajstić information content (AvgIpc) is 2.34. The number of pyridine rings is 2. The maximum atomic E-state index is 5.68. The highest BCUT2D eigenvalue weighted by atomic mass is 15.2. The molecule has 0 atom stereocenters. The zero-order chi connectivity index (χ0) is 12.3. The second-order valence-electron chi connectivity index (χ2n) is 3.86. The minimum absolute atomic E-state index is 0.362. The van der Waals surface area contributed by atoms with E-state index in [0.717, 1.165) is 17.9 Å². The van der Waals surface area contributed by atoms with Gasteiger partial charge in [0.05, 0.1) is 5.69 Å². The third kappa shape index (κ3) is 2.63. The Kier molecular flexibility index (Phi) is 3.09. The van der Waals surface area contributed by atoms with Crippen LogP contribution in [0.3, 0.4) is 0 Å². The molecule has 0 saturated heterocycles. The summed E-state index contributed by atoms with van der Waals surface area (Å²) in [6, 6.07) is 7.54. The third-order valence-electron chi connectivity index (χ3n) is 2.48. The fraction of sp³-hybridized carbons (Fsp3) is 0.167. The molecule has 0 fully saturated rings. The predicted octanol–water partition coefficient (Wildman–Crippen LogP) is 1.28. The van der Waals surface area contributed by atoms with Crippen molar-refractivity contribution in [2.45, 2.75) is 6.54 Å². The smallest absolute Gasteiger partial charge is 0.149 e. The predicted molar refractivity (Wildman–Crippen MR) is 69.4 cm³/mol. The van der Waals surface area contributed by atoms with Crippen LogP contribution in [0.5, 0.6) is 0 Å². The molecule has 0 aliphatic rings. The average molecular weight is 229 g/mol. The van der Waals surface area contributed by atoms with Crippen molar-refractivity contribution < 1.29 is 0 Å². The summed E-state index contributed by atoms with van der Waals surface area (Å²) >= 11 is 0. The Hall–Kier alpha value is -2.30. The molecule has 2 heterocycles. The van der Waals surface area contributed by atoms with E-state index < -0.39 is 0 Å². The van der Waals surface area contributed by atoms with Gasteiger partial charge < -0.3 is 16.4 Å². The Bertz CT molecular complexity index is 498. The molecule has 0 spiro atoms. The molecule has 0 saturated carbocycles. The SMILES string of the molecule is CN(Cc1cccnc1)c1ccc(N)c(N)n1. The van der Waals surface area contributed by atoms with E-state index in [1.165, 1.54) is 0 Å². The summed E-state index contributed by atoms with van der Waals surface area (Å²) in [6.07, 6.45) is 3.58. The summed E-state index contributed by atoms with van der Waals surface area (Å²) in [7, 11) is 1.95. The largest absolute Gasteiger partial charge is 0.396 e. The maximum absolute atomic E-state index is 5.68. The molecule has 0 aliphatic carbocycles. The molecule has 0 radical (unpaired) electrons. The first kappa shape index (κ1) is 11.2. The van der Waals surface area contributed by atoms with Crippen LogP contribution >= 0.6 is 0 Å². The monoisotopic (exact) mass is 229 g/mol. The summed E-state index contributed by atoms with van der Waals surface area (Å²) in [5, 5.41) is 0. The summed E-state index contributed by atoms with van der Waals surface area (Å²) in [4.78, 5) is 10.3. The molecule has 2 aromatic heterocycles. The molecular weight excluding hydrogens is 214 g/mol. The molecule has 0 aromatic carbocycles. The van der Waals surface area contributed by atoms with Crippen LogP contribution in [0, 0.1) is 0 Å². The Morgan fingerprint density at radius 2 is 2.06 bits per heavy atom. The van der Waals surface area contributed by atoms with E-state index in [-0.39, 0.29) is 0 Å². The molecule has 0 amide bonds. The maximum Gasteiger partial charge on any atom is 0.149 e. The van der Waals surface area contributed by atoms with Gasteiger partial charge in [0.15, 0.2) is 0 Å². The zero-order valence-electron chi connectivity index (χ0n) is 9.67. The van der Waals surface area contributed by atoms with Crippen LogP contribution in [0.2, 0.25) is 0 Å². The van der Waals surface area contributed by atoms with Crippen LogP contribution in [0.4, 0.5) is 17.3 Å². The minimum Gasteiger partial charge on any atom is -0.396 e. The van der Waals surface area contributed by atoms with Crippen LogP contribution < -0.4 is 16.4 Å². The lowest BCUT2D eigenvalue weighted by molar-refractivity contribution is 0.893. The molecule has 88 valence electrons. The topological polar surface area (TPSA) is 81.1 Å². The van der Waals surface area contributed by atoms with Crippen molar-refractivity contribution in [1.29, 1.82) is 0 Å². The van der Waals surface area contributed by atoms with Crippen molar-refractivity contribution in [2.75, 3.05) is 23.4 Å². The first-order valence-electron chi connectivity index (χ1n) is 5.29. The van der Waals surface area contributed by atoms with Crippen LogP contribution in [0.1, 0.15) is 5.56 Å². The highest BCUT2D eigenvalue weighted by molar-refractivity contribution is 5.62. The van der Waals surface area contributed by atoms with Crippen LogP contribution in [-0.2, 0) is 6.54 Å². The van der Waals surface area contributed by atoms with E-state index >= 15 is 0 Å². The molecule has 0 aliphatic heterocycles. The quantitative estimate of drug-likeness (QED) is 0.828. The number of nitrogen functional groups attached to an aromatic ring is 2. The lowest BCUT2D eigenvalue weighted by Gasteiger charge is -2.18. The van der Waals surface area contributed by atoms with Crippen molar-refractivity contribution >= 4 is 17.3 Å². The van der Waals surface area contributed by atoms with Crippen molar-refractivity contribution in [2.24, 2.45) is 0 Å². The number of hydrogen-bond donors (Lipinski definition) is 2. The molecule has 5 heteroatoms. The van der Waals surface area contributed by atoms with Gasteiger partial charge in [-0.05, 0) is 23.8 Å². The number of rotatable bonds is 3. The molecule has 4 N–H and O–H groups in total. The second-order valence-corrected chi connectivity index (χ2v) is 3.86. The molecule has 0 unspecified atom stereocenters. The third-order valence-corrected chi connectivity index (χ3v) is 2.48. The van der Waals surface area contributed by atoms with E-state index in [4.69, 9.17) is 11.5 Å². The standard InChI is InChI=1S/C12H15N5/c1-17(8-9-3-2-6-15-7-9)11-5-4-10(13)12(14)16-11/h2-7H,8,13H2,1H3,(H2,14,16). The van der Waals surface area contributed by atoms with Gasteiger partial charge in [-0.1, -0.05) is 6.07 Å². The first-order valence-corrected chi connectivity index (χ1v) is 5.29. The zero-order valence-corrected chi connectivity index (χ0v) is 9.67. The van der Waals surface area contributed by atoms with Gasteiger partial charge in [0, 0.05) is 26.0 Å². The van der Waals surface area contributed by atoms with Gasteiger partial charge in [0.2, 0.25) is 0 Å². The number of nitrogens with two attached hydrogens (primary N) is 2. The first-order chi connectivity index (χ1) is 8.16. The van der Waals surface area contributed by atoms with Gasteiger partial charge in [0.25, 0.3) is 0 Å². The molecule has 0 bridgehead atoms. The van der Waals surface area contributed by atoms with Gasteiger partial charge in [-0.15, -0.1) is 0 Å². The number of aromatic nitrogens is 2. The Balaban J connectivity index is 2.14. The Morgan fingerprint density at radius 1 is 1.24 bits per heavy atom. The van der Waals surface area contributed by atoms with E-state index in [0.29, 0.717) is 11.5 Å². The van der Waals surface area contributed by atoms with Crippen molar-refractivity contribution in [3.05, 3.63) is 42.2 Å². The number of anilines is 3. The molecule has 17 heavy (non-hydrogen) atoms. The molecule has 5 nitrogen and oxygen atoms in total. The minimum atomic E-state index is 0.362. The number of nitrogens with zero attached hydrogens (tertiary/aromatic N) is 3. The van der Waals surface area contributed by atoms with E-state index in [2.05, 4.69) is 9.97 Å². The number of hydrogen-bond acceptors (Lipinski definition) is 5. The fourth-order valence-corrected chi connectivity index (χ4v) is 1.53. The van der Waals surface area contributed by atoms with E-state index in [1.807, 2.05) is 36.3 Å². The lowest BCUT2D eigenvalue weighted by Crippen LogP contribution is -2.18. The summed E-state index contributed by atoms with van der Waals surface area (Å²) in [5.41, 5.74) is 12.9. The van der Waals surface area contributed by atoms with E-state index in [9.17, 15) is 0 Å². The fourth-order valence-electron chi connectivity index (χ4n) is 1.53. The van der Waals surface area contributed by atoms with Gasteiger partial charge in [-0.25, -0.2) is 4.98 Å². The van der Waals surface area contributed by atoms with Gasteiger partial charge in [-0.2, -0.15) is 0 Å². The van der Waals surface area contributed by atoms with E-state index in [1.54, 1.807) is 12.3 Å². The van der Waals surface area contributed by atoms with Crippen molar-refractivity contribution in [1.82, 2.24) is 9.97 Å². The summed E-state index contributed by atoms with van der Waals surface area (Å²) in [5.74, 6) is 1.15. The lowest BCUT2D eigenvalue weighted by atomic mass is 10.2.